The number of nitrogens with one attached hydrogen (secondary N) is 3. The summed E-state index contributed by atoms with van der Waals surface area (Å²) in [5.41, 5.74) is 5.56. The third kappa shape index (κ3) is 5.02. The zero-order valence-corrected chi connectivity index (χ0v) is 24.1. The van der Waals surface area contributed by atoms with Crippen molar-refractivity contribution < 1.29 is 19.1 Å². The van der Waals surface area contributed by atoms with Crippen LogP contribution in [0.3, 0.4) is 0 Å². The summed E-state index contributed by atoms with van der Waals surface area (Å²) < 4.78 is 5.22. The summed E-state index contributed by atoms with van der Waals surface area (Å²) in [6.45, 7) is 4.50. The lowest BCUT2D eigenvalue weighted by Crippen LogP contribution is -2.56. The highest BCUT2D eigenvalue weighted by atomic mass is 16.5. The highest BCUT2D eigenvalue weighted by molar-refractivity contribution is 6.04. The maximum Gasteiger partial charge on any atom is 0.255 e. The van der Waals surface area contributed by atoms with Crippen LogP contribution in [0.1, 0.15) is 59.1 Å². The minimum Gasteiger partial charge on any atom is -0.497 e. The standard InChI is InChI=1S/C34H36N4O4/c1-20(2)18-28(32(39)35-17-16-21-12-14-22(42-3)15-13-21)37-33(40)29-19-26-23-8-6-7-11-27(23)36-30(26)31-24-9-4-5-10-25(24)34(41)38(29)31/h4-15,20,28-29,31,36H,16-19H2,1-3H3,(H,35,39)(H,37,40)/t28-,29-,31-/m0/s1. The second-order valence-corrected chi connectivity index (χ2v) is 11.6. The van der Waals surface area contributed by atoms with Gasteiger partial charge in [0.05, 0.1) is 13.2 Å². The van der Waals surface area contributed by atoms with Crippen molar-refractivity contribution in [1.82, 2.24) is 20.5 Å². The number of fused-ring (bicyclic) bond motifs is 7. The fourth-order valence-corrected chi connectivity index (χ4v) is 6.35. The second kappa shape index (κ2) is 11.4. The van der Waals surface area contributed by atoms with Crippen molar-refractivity contribution in [3.63, 3.8) is 0 Å². The van der Waals surface area contributed by atoms with E-state index in [0.717, 1.165) is 39.0 Å². The van der Waals surface area contributed by atoms with E-state index in [2.05, 4.69) is 21.7 Å². The van der Waals surface area contributed by atoms with Crippen LogP contribution in [0.25, 0.3) is 10.9 Å². The van der Waals surface area contributed by atoms with Gasteiger partial charge in [-0.1, -0.05) is 62.4 Å². The molecule has 6 rings (SSSR count). The number of para-hydroxylation sites is 1. The van der Waals surface area contributed by atoms with Crippen LogP contribution in [0.2, 0.25) is 0 Å². The summed E-state index contributed by atoms with van der Waals surface area (Å²) in [5.74, 6) is 0.269. The van der Waals surface area contributed by atoms with Crippen LogP contribution in [0, 0.1) is 5.92 Å². The van der Waals surface area contributed by atoms with E-state index >= 15 is 0 Å². The minimum atomic E-state index is -0.747. The number of nitrogens with zero attached hydrogens (tertiary/aromatic N) is 1. The van der Waals surface area contributed by atoms with Crippen LogP contribution < -0.4 is 15.4 Å². The molecule has 4 aromatic rings. The topological polar surface area (TPSA) is 104 Å². The molecule has 0 aliphatic carbocycles. The number of amides is 3. The van der Waals surface area contributed by atoms with Gasteiger partial charge in [-0.15, -0.1) is 0 Å². The average Bonchev–Trinajstić information content (AvgIpc) is 3.52. The third-order valence-corrected chi connectivity index (χ3v) is 8.37. The van der Waals surface area contributed by atoms with Crippen LogP contribution >= 0.6 is 0 Å². The lowest BCUT2D eigenvalue weighted by Gasteiger charge is -2.37. The largest absolute Gasteiger partial charge is 0.497 e. The van der Waals surface area contributed by atoms with Gasteiger partial charge in [-0.2, -0.15) is 0 Å². The van der Waals surface area contributed by atoms with Crippen molar-refractivity contribution in [3.05, 3.63) is 101 Å². The van der Waals surface area contributed by atoms with Crippen molar-refractivity contribution in [1.29, 1.82) is 0 Å². The number of aromatic nitrogens is 1. The molecule has 0 fully saturated rings. The molecule has 0 radical (unpaired) electrons. The predicted molar refractivity (Wildman–Crippen MR) is 161 cm³/mol. The molecular formula is C34H36N4O4. The molecule has 0 saturated heterocycles. The fraction of sp³-hybridized carbons (Fsp3) is 0.324. The number of hydrogen-bond acceptors (Lipinski definition) is 4. The first kappa shape index (κ1) is 27.6. The van der Waals surface area contributed by atoms with E-state index in [0.29, 0.717) is 31.4 Å². The smallest absolute Gasteiger partial charge is 0.255 e. The summed E-state index contributed by atoms with van der Waals surface area (Å²) in [7, 11) is 1.63. The van der Waals surface area contributed by atoms with Crippen molar-refractivity contribution in [2.75, 3.05) is 13.7 Å². The molecule has 2 aliphatic rings. The zero-order chi connectivity index (χ0) is 29.4. The number of carbonyl (C=O) groups excluding carboxylic acids is 3. The summed E-state index contributed by atoms with van der Waals surface area (Å²) >= 11 is 0. The Kier molecular flexibility index (Phi) is 7.45. The van der Waals surface area contributed by atoms with Crippen molar-refractivity contribution >= 4 is 28.6 Å². The van der Waals surface area contributed by atoms with Crippen LogP contribution in [0.4, 0.5) is 0 Å². The Hall–Kier alpha value is -4.59. The van der Waals surface area contributed by atoms with Gasteiger partial charge >= 0.3 is 0 Å². The molecule has 3 N–H and O–H groups in total. The number of methoxy groups -OCH3 is 1. The molecule has 3 atom stereocenters. The number of benzene rings is 3. The second-order valence-electron chi connectivity index (χ2n) is 11.6. The lowest BCUT2D eigenvalue weighted by molar-refractivity contribution is -0.132. The number of ether oxygens (including phenoxy) is 1. The molecule has 3 aromatic carbocycles. The van der Waals surface area contributed by atoms with Crippen molar-refractivity contribution in [3.8, 4) is 5.75 Å². The molecule has 0 unspecified atom stereocenters. The predicted octanol–water partition coefficient (Wildman–Crippen LogP) is 4.54. The molecule has 0 bridgehead atoms. The van der Waals surface area contributed by atoms with E-state index in [-0.39, 0.29) is 29.7 Å². The number of carbonyl (C=O) groups is 3. The van der Waals surface area contributed by atoms with Gasteiger partial charge in [-0.3, -0.25) is 14.4 Å². The van der Waals surface area contributed by atoms with Gasteiger partial charge in [0.25, 0.3) is 5.91 Å². The van der Waals surface area contributed by atoms with Gasteiger partial charge < -0.3 is 25.3 Å². The van der Waals surface area contributed by atoms with Crippen LogP contribution in [-0.2, 0) is 22.4 Å². The summed E-state index contributed by atoms with van der Waals surface area (Å²) in [6, 6.07) is 21.5. The third-order valence-electron chi connectivity index (χ3n) is 8.37. The van der Waals surface area contributed by atoms with Gasteiger partial charge in [0.1, 0.15) is 17.8 Å². The quantitative estimate of drug-likeness (QED) is 0.278. The Labute approximate surface area is 245 Å². The Morgan fingerprint density at radius 2 is 1.76 bits per heavy atom. The van der Waals surface area contributed by atoms with Crippen molar-refractivity contribution in [2.24, 2.45) is 5.92 Å². The summed E-state index contributed by atoms with van der Waals surface area (Å²) in [6.07, 6.45) is 1.52. The van der Waals surface area contributed by atoms with Gasteiger partial charge in [0, 0.05) is 35.1 Å². The molecule has 0 saturated carbocycles. The molecule has 42 heavy (non-hydrogen) atoms. The maximum atomic E-state index is 14.1. The SMILES string of the molecule is COc1ccc(CCNC(=O)[C@H](CC(C)C)NC(=O)[C@@H]2Cc3c([nH]c4ccccc34)[C@@H]3c4ccccc4C(=O)N32)cc1. The number of aromatic amines is 1. The first-order chi connectivity index (χ1) is 20.4. The van der Waals surface area contributed by atoms with Crippen LogP contribution in [0.5, 0.6) is 5.75 Å². The van der Waals surface area contributed by atoms with E-state index in [1.54, 1.807) is 12.0 Å². The first-order valence-corrected chi connectivity index (χ1v) is 14.6. The summed E-state index contributed by atoms with van der Waals surface area (Å²) in [5, 5.41) is 7.10. The first-order valence-electron chi connectivity index (χ1n) is 14.6. The van der Waals surface area contributed by atoms with Gasteiger partial charge in [-0.05, 0) is 59.7 Å². The van der Waals surface area contributed by atoms with E-state index in [9.17, 15) is 14.4 Å². The normalized spacial score (nSPS) is 17.9. The van der Waals surface area contributed by atoms with E-state index in [4.69, 9.17) is 4.74 Å². The number of rotatable bonds is 9. The van der Waals surface area contributed by atoms with E-state index in [1.165, 1.54) is 0 Å². The molecule has 8 heteroatoms. The lowest BCUT2D eigenvalue weighted by atomic mass is 9.89. The Balaban J connectivity index is 1.24. The van der Waals surface area contributed by atoms with Gasteiger partial charge in [0.15, 0.2) is 0 Å². The average molecular weight is 565 g/mol. The van der Waals surface area contributed by atoms with Gasteiger partial charge in [0.2, 0.25) is 11.8 Å². The highest BCUT2D eigenvalue weighted by Crippen LogP contribution is 2.46. The molecule has 1 aromatic heterocycles. The fourth-order valence-electron chi connectivity index (χ4n) is 6.35. The Morgan fingerprint density at radius 1 is 1.02 bits per heavy atom. The molecule has 0 spiro atoms. The molecule has 3 heterocycles. The monoisotopic (exact) mass is 564 g/mol. The molecule has 216 valence electrons. The summed E-state index contributed by atoms with van der Waals surface area (Å²) in [4.78, 5) is 46.4. The molecule has 8 nitrogen and oxygen atoms in total. The van der Waals surface area contributed by atoms with Crippen LogP contribution in [0.15, 0.2) is 72.8 Å². The Morgan fingerprint density at radius 3 is 2.52 bits per heavy atom. The molecular weight excluding hydrogens is 528 g/mol. The van der Waals surface area contributed by atoms with Crippen molar-refractivity contribution in [2.45, 2.75) is 51.2 Å². The Bertz CT molecular complexity index is 1640. The maximum absolute atomic E-state index is 14.1. The van der Waals surface area contributed by atoms with E-state index < -0.39 is 12.1 Å². The van der Waals surface area contributed by atoms with Gasteiger partial charge in [-0.25, -0.2) is 0 Å². The zero-order valence-electron chi connectivity index (χ0n) is 24.1. The number of H-pyrrole nitrogens is 1. The van der Waals surface area contributed by atoms with E-state index in [1.807, 2.05) is 80.6 Å². The van der Waals surface area contributed by atoms with Crippen LogP contribution in [-0.4, -0.2) is 53.3 Å². The minimum absolute atomic E-state index is 0.163. The molecule has 2 aliphatic heterocycles. The number of hydrogen-bond donors (Lipinski definition) is 3. The highest BCUT2D eigenvalue weighted by Gasteiger charge is 2.49. The molecule has 3 amide bonds.